The van der Waals surface area contributed by atoms with Gasteiger partial charge in [0.05, 0.1) is 18.5 Å². The molecule has 0 fully saturated rings. The molecule has 31 heavy (non-hydrogen) atoms. The van der Waals surface area contributed by atoms with E-state index < -0.39 is 17.3 Å². The monoisotopic (exact) mass is 419 g/mol. The number of aromatic nitrogens is 2. The molecule has 0 atom stereocenters. The number of nitrogens with one attached hydrogen (secondary N) is 1. The molecule has 156 valence electrons. The van der Waals surface area contributed by atoms with Crippen LogP contribution in [0.15, 0.2) is 58.4 Å². The topological polar surface area (TPSA) is 109 Å². The van der Waals surface area contributed by atoms with Crippen molar-refractivity contribution in [1.29, 1.82) is 5.26 Å². The second-order valence-corrected chi connectivity index (χ2v) is 6.32. The molecule has 0 bridgehead atoms. The Hall–Kier alpha value is -4.32. The van der Waals surface area contributed by atoms with Crippen molar-refractivity contribution in [3.63, 3.8) is 0 Å². The van der Waals surface area contributed by atoms with Crippen molar-refractivity contribution >= 4 is 12.1 Å². The molecule has 3 rings (SSSR count). The quantitative estimate of drug-likeness (QED) is 0.488. The van der Waals surface area contributed by atoms with Crippen molar-refractivity contribution in [1.82, 2.24) is 15.2 Å². The van der Waals surface area contributed by atoms with Gasteiger partial charge in [-0.1, -0.05) is 12.1 Å². The van der Waals surface area contributed by atoms with Gasteiger partial charge in [0.25, 0.3) is 11.5 Å². The first-order valence-corrected chi connectivity index (χ1v) is 9.31. The van der Waals surface area contributed by atoms with E-state index in [-0.39, 0.29) is 22.5 Å². The Morgan fingerprint density at radius 2 is 2.00 bits per heavy atom. The van der Waals surface area contributed by atoms with Crippen molar-refractivity contribution in [2.45, 2.75) is 13.8 Å². The second kappa shape index (κ2) is 9.45. The van der Waals surface area contributed by atoms with E-state index in [1.807, 2.05) is 13.0 Å². The van der Waals surface area contributed by atoms with E-state index in [0.717, 1.165) is 16.8 Å². The van der Waals surface area contributed by atoms with Crippen LogP contribution in [-0.4, -0.2) is 28.5 Å². The van der Waals surface area contributed by atoms with Gasteiger partial charge in [0, 0.05) is 11.1 Å². The van der Waals surface area contributed by atoms with Crippen LogP contribution in [0, 0.1) is 24.1 Å². The van der Waals surface area contributed by atoms with E-state index in [9.17, 15) is 19.2 Å². The molecule has 1 aromatic heterocycles. The number of rotatable bonds is 6. The lowest BCUT2D eigenvalue weighted by atomic mass is 10.1. The number of benzene rings is 2. The third-order valence-electron chi connectivity index (χ3n) is 4.32. The van der Waals surface area contributed by atoms with E-state index in [1.54, 1.807) is 24.3 Å². The molecule has 2 aromatic carbocycles. The van der Waals surface area contributed by atoms with Gasteiger partial charge in [0.2, 0.25) is 0 Å². The van der Waals surface area contributed by atoms with Crippen molar-refractivity contribution in [3.05, 3.63) is 87.1 Å². The molecule has 0 radical (unpaired) electrons. The minimum absolute atomic E-state index is 0.119. The largest absolute Gasteiger partial charge is 0.493 e. The van der Waals surface area contributed by atoms with Gasteiger partial charge in [-0.3, -0.25) is 9.59 Å². The fourth-order valence-electron chi connectivity index (χ4n) is 2.80. The first-order valence-electron chi connectivity index (χ1n) is 9.31. The lowest BCUT2D eigenvalue weighted by Crippen LogP contribution is -2.31. The summed E-state index contributed by atoms with van der Waals surface area (Å²) in [6.07, 6.45) is 1.42. The molecule has 1 N–H and O–H groups in total. The Bertz CT molecular complexity index is 1240. The minimum atomic E-state index is -0.713. The Balaban J connectivity index is 1.94. The van der Waals surface area contributed by atoms with Crippen LogP contribution < -0.4 is 15.7 Å². The van der Waals surface area contributed by atoms with E-state index in [1.165, 1.54) is 25.3 Å². The van der Waals surface area contributed by atoms with Crippen molar-refractivity contribution in [2.75, 3.05) is 6.61 Å². The van der Waals surface area contributed by atoms with Crippen molar-refractivity contribution in [2.24, 2.45) is 5.10 Å². The van der Waals surface area contributed by atoms with E-state index >= 15 is 0 Å². The Morgan fingerprint density at radius 1 is 1.29 bits per heavy atom. The predicted molar refractivity (Wildman–Crippen MR) is 112 cm³/mol. The van der Waals surface area contributed by atoms with Gasteiger partial charge in [-0.2, -0.15) is 20.1 Å². The molecule has 0 saturated heterocycles. The number of amides is 1. The van der Waals surface area contributed by atoms with Gasteiger partial charge in [0.1, 0.15) is 23.2 Å². The highest BCUT2D eigenvalue weighted by Gasteiger charge is 2.20. The maximum absolute atomic E-state index is 13.2. The smallest absolute Gasteiger partial charge is 0.292 e. The minimum Gasteiger partial charge on any atom is -0.493 e. The number of carbonyl (C=O) groups excluding carboxylic acids is 1. The molecular formula is C22H18FN5O3. The highest BCUT2D eigenvalue weighted by Crippen LogP contribution is 2.15. The zero-order valence-electron chi connectivity index (χ0n) is 16.8. The maximum Gasteiger partial charge on any atom is 0.292 e. The van der Waals surface area contributed by atoms with Crippen LogP contribution in [0.3, 0.4) is 0 Å². The average Bonchev–Trinajstić information content (AvgIpc) is 2.76. The molecule has 8 nitrogen and oxygen atoms in total. The molecule has 0 aliphatic heterocycles. The molecule has 9 heteroatoms. The van der Waals surface area contributed by atoms with Crippen LogP contribution in [0.2, 0.25) is 0 Å². The summed E-state index contributed by atoms with van der Waals surface area (Å²) in [4.78, 5) is 25.3. The summed E-state index contributed by atoms with van der Waals surface area (Å²) in [5.74, 6) is -0.604. The number of hydrogen-bond acceptors (Lipinski definition) is 6. The third kappa shape index (κ3) is 4.64. The number of nitriles is 1. The summed E-state index contributed by atoms with van der Waals surface area (Å²) in [6, 6.07) is 13.9. The van der Waals surface area contributed by atoms with Crippen LogP contribution in [0.25, 0.3) is 5.69 Å². The van der Waals surface area contributed by atoms with E-state index in [2.05, 4.69) is 15.6 Å². The molecule has 1 heterocycles. The molecule has 3 aromatic rings. The van der Waals surface area contributed by atoms with E-state index in [0.29, 0.717) is 17.9 Å². The number of para-hydroxylation sites is 1. The Morgan fingerprint density at radius 3 is 2.68 bits per heavy atom. The first-order chi connectivity index (χ1) is 15.0. The van der Waals surface area contributed by atoms with Gasteiger partial charge >= 0.3 is 0 Å². The van der Waals surface area contributed by atoms with Crippen LogP contribution in [0.1, 0.15) is 34.1 Å². The van der Waals surface area contributed by atoms with E-state index in [4.69, 9.17) is 4.74 Å². The Labute approximate surface area is 177 Å². The van der Waals surface area contributed by atoms with Crippen LogP contribution >= 0.6 is 0 Å². The SMILES string of the molecule is CCOc1ccccc1/C=N/NC(=O)c1nn(-c2ccc(F)cc2)c(=O)c(C#N)c1C. The molecule has 0 aliphatic carbocycles. The van der Waals surface area contributed by atoms with Gasteiger partial charge in [0.15, 0.2) is 5.69 Å². The zero-order chi connectivity index (χ0) is 22.4. The number of ether oxygens (including phenoxy) is 1. The standard InChI is InChI=1S/C22H18FN5O3/c1-3-31-19-7-5-4-6-15(19)13-25-26-21(29)20-14(2)18(12-24)22(30)28(27-20)17-10-8-16(23)9-11-17/h4-11,13H,3H2,1-2H3,(H,26,29)/b25-13+. The van der Waals surface area contributed by atoms with Crippen LogP contribution in [0.5, 0.6) is 5.75 Å². The highest BCUT2D eigenvalue weighted by atomic mass is 19.1. The number of hydrazone groups is 1. The van der Waals surface area contributed by atoms with Crippen molar-refractivity contribution in [3.8, 4) is 17.5 Å². The van der Waals surface area contributed by atoms with Crippen LogP contribution in [-0.2, 0) is 0 Å². The molecular weight excluding hydrogens is 401 g/mol. The normalized spacial score (nSPS) is 10.6. The number of halogens is 1. The number of hydrogen-bond donors (Lipinski definition) is 1. The highest BCUT2D eigenvalue weighted by molar-refractivity contribution is 5.95. The summed E-state index contributed by atoms with van der Waals surface area (Å²) in [7, 11) is 0. The lowest BCUT2D eigenvalue weighted by Gasteiger charge is -2.10. The van der Waals surface area contributed by atoms with Gasteiger partial charge in [-0.15, -0.1) is 0 Å². The summed E-state index contributed by atoms with van der Waals surface area (Å²) in [5, 5.41) is 17.4. The van der Waals surface area contributed by atoms with Gasteiger partial charge in [-0.05, 0) is 50.2 Å². The summed E-state index contributed by atoms with van der Waals surface area (Å²) in [6.45, 7) is 3.78. The fourth-order valence-corrected chi connectivity index (χ4v) is 2.80. The maximum atomic E-state index is 13.2. The average molecular weight is 419 g/mol. The summed E-state index contributed by atoms with van der Waals surface area (Å²) >= 11 is 0. The summed E-state index contributed by atoms with van der Waals surface area (Å²) < 4.78 is 19.6. The van der Waals surface area contributed by atoms with Crippen LogP contribution in [0.4, 0.5) is 4.39 Å². The predicted octanol–water partition coefficient (Wildman–Crippen LogP) is 2.71. The fraction of sp³-hybridized carbons (Fsp3) is 0.136. The summed E-state index contributed by atoms with van der Waals surface area (Å²) in [5.41, 5.74) is 2.22. The lowest BCUT2D eigenvalue weighted by molar-refractivity contribution is 0.0947. The third-order valence-corrected chi connectivity index (χ3v) is 4.32. The molecule has 0 unspecified atom stereocenters. The van der Waals surface area contributed by atoms with Gasteiger partial charge in [-0.25, -0.2) is 9.82 Å². The van der Waals surface area contributed by atoms with Gasteiger partial charge < -0.3 is 4.74 Å². The molecule has 1 amide bonds. The number of nitrogens with zero attached hydrogens (tertiary/aromatic N) is 4. The molecule has 0 aliphatic rings. The first kappa shape index (κ1) is 21.4. The Kier molecular flexibility index (Phi) is 6.52. The molecule has 0 spiro atoms. The van der Waals surface area contributed by atoms with Crippen molar-refractivity contribution < 1.29 is 13.9 Å². The molecule has 0 saturated carbocycles. The second-order valence-electron chi connectivity index (χ2n) is 6.32. The number of carbonyl (C=O) groups is 1. The zero-order valence-corrected chi connectivity index (χ0v) is 16.8.